The molecule has 0 radical (unpaired) electrons. The van der Waals surface area contributed by atoms with Gasteiger partial charge in [0, 0.05) is 30.3 Å². The first kappa shape index (κ1) is 20.1. The third kappa shape index (κ3) is 3.99. The van der Waals surface area contributed by atoms with Gasteiger partial charge in [0.25, 0.3) is 0 Å². The van der Waals surface area contributed by atoms with Gasteiger partial charge in [-0.25, -0.2) is 0 Å². The van der Waals surface area contributed by atoms with E-state index in [9.17, 15) is 0 Å². The van der Waals surface area contributed by atoms with Gasteiger partial charge in [-0.15, -0.1) is 45.3 Å². The maximum Gasteiger partial charge on any atom is 0.179 e. The highest BCUT2D eigenvalue weighted by atomic mass is 32.1. The molecular weight excluding hydrogens is 481 g/mol. The fourth-order valence-electron chi connectivity index (χ4n) is 3.46. The molecule has 0 saturated carbocycles. The van der Waals surface area contributed by atoms with Crippen molar-refractivity contribution in [1.82, 2.24) is 0 Å². The first-order valence-corrected chi connectivity index (χ1v) is 13.5. The fourth-order valence-corrected chi connectivity index (χ4v) is 7.02. The summed E-state index contributed by atoms with van der Waals surface area (Å²) >= 11 is 6.88. The minimum atomic E-state index is 0.610. The lowest BCUT2D eigenvalue weighted by atomic mass is 10.3. The Balaban J connectivity index is 1.16. The van der Waals surface area contributed by atoms with Crippen molar-refractivity contribution in [3.05, 3.63) is 54.5 Å². The summed E-state index contributed by atoms with van der Waals surface area (Å²) in [6.45, 7) is 2.46. The molecule has 0 unspecified atom stereocenters. The molecule has 0 aliphatic carbocycles. The van der Waals surface area contributed by atoms with Crippen LogP contribution in [0.1, 0.15) is 19.5 Å². The van der Waals surface area contributed by atoms with Gasteiger partial charge in [-0.05, 0) is 48.6 Å². The Kier molecular flexibility index (Phi) is 5.52. The van der Waals surface area contributed by atoms with E-state index in [1.807, 2.05) is 10.8 Å². The van der Waals surface area contributed by atoms with Crippen LogP contribution in [-0.4, -0.2) is 26.4 Å². The van der Waals surface area contributed by atoms with E-state index < -0.39 is 0 Å². The van der Waals surface area contributed by atoms with Crippen LogP contribution in [0.25, 0.3) is 34.1 Å². The molecule has 6 rings (SSSR count). The van der Waals surface area contributed by atoms with Crippen molar-refractivity contribution >= 4 is 69.7 Å². The van der Waals surface area contributed by atoms with E-state index in [1.54, 1.807) is 45.3 Å². The largest absolute Gasteiger partial charge is 0.485 e. The second-order valence-electron chi connectivity index (χ2n) is 7.05. The molecule has 0 N–H and O–H groups in total. The Bertz CT molecular complexity index is 1200. The molecule has 4 nitrogen and oxygen atoms in total. The second kappa shape index (κ2) is 8.78. The Morgan fingerprint density at radius 3 is 1.53 bits per heavy atom. The van der Waals surface area contributed by atoms with Gasteiger partial charge in [-0.3, -0.25) is 0 Å². The zero-order chi connectivity index (χ0) is 21.3. The summed E-state index contributed by atoms with van der Waals surface area (Å²) in [6.07, 6.45) is 8.52. The highest BCUT2D eigenvalue weighted by Gasteiger charge is 2.18. The highest BCUT2D eigenvalue weighted by Crippen LogP contribution is 2.42. The normalized spacial score (nSPS) is 15.1. The molecule has 0 aromatic carbocycles. The summed E-state index contributed by atoms with van der Waals surface area (Å²) in [7, 11) is 0. The topological polar surface area (TPSA) is 36.9 Å². The molecule has 32 heavy (non-hydrogen) atoms. The van der Waals surface area contributed by atoms with E-state index >= 15 is 0 Å². The van der Waals surface area contributed by atoms with Crippen LogP contribution in [-0.2, 0) is 0 Å². The highest BCUT2D eigenvalue weighted by molar-refractivity contribution is 7.23. The van der Waals surface area contributed by atoms with Gasteiger partial charge in [0.1, 0.15) is 26.4 Å². The van der Waals surface area contributed by atoms with Crippen molar-refractivity contribution in [2.24, 2.45) is 0 Å². The molecule has 0 spiro atoms. The smallest absolute Gasteiger partial charge is 0.179 e. The molecule has 2 aliphatic heterocycles. The molecule has 4 aromatic rings. The van der Waals surface area contributed by atoms with Gasteiger partial charge >= 0.3 is 0 Å². The lowest BCUT2D eigenvalue weighted by Gasteiger charge is -2.15. The fraction of sp³-hybridized carbons (Fsp3) is 0.167. The number of rotatable bonds is 5. The number of hydrogen-bond acceptors (Lipinski definition) is 8. The van der Waals surface area contributed by atoms with Gasteiger partial charge in [0.15, 0.2) is 23.0 Å². The molecule has 0 fully saturated rings. The van der Waals surface area contributed by atoms with Crippen molar-refractivity contribution in [3.8, 4) is 32.8 Å². The van der Waals surface area contributed by atoms with E-state index in [4.69, 9.17) is 18.9 Å². The van der Waals surface area contributed by atoms with Crippen molar-refractivity contribution in [2.45, 2.75) is 0 Å². The summed E-state index contributed by atoms with van der Waals surface area (Å²) in [5.74, 6) is 3.45. The quantitative estimate of drug-likeness (QED) is 0.286. The molecule has 6 heterocycles. The van der Waals surface area contributed by atoms with E-state index in [0.29, 0.717) is 26.4 Å². The molecular formula is C24H18O4S4. The minimum absolute atomic E-state index is 0.610. The zero-order valence-corrected chi connectivity index (χ0v) is 20.1. The summed E-state index contributed by atoms with van der Waals surface area (Å²) in [4.78, 5) is 7.17. The van der Waals surface area contributed by atoms with Crippen molar-refractivity contribution in [2.75, 3.05) is 26.4 Å². The molecule has 8 heteroatoms. The zero-order valence-electron chi connectivity index (χ0n) is 16.9. The van der Waals surface area contributed by atoms with Gasteiger partial charge in [0.05, 0.1) is 9.75 Å². The predicted octanol–water partition coefficient (Wildman–Crippen LogP) is 7.48. The van der Waals surface area contributed by atoms with E-state index in [2.05, 4.69) is 48.6 Å². The maximum absolute atomic E-state index is 5.76. The SMILES string of the molecule is C(=C\c1scc2c1OCCO2)/c1ccc(-c2ccc(/C=C/c3scc4c3OCCO4)s2)s1. The standard InChI is InChI=1S/C24H18O4S4/c1-5-19(31-15(1)3-7-21-23-17(13-29-21)25-9-11-27-23)20-6-2-16(32-20)4-8-22-24-18(14-30-22)26-10-12-28-24/h1-8,13-14H,9-12H2/b7-3+,8-4+. The molecule has 0 bridgehead atoms. The van der Waals surface area contributed by atoms with E-state index in [-0.39, 0.29) is 0 Å². The molecule has 0 amide bonds. The second-order valence-corrected chi connectivity index (χ2v) is 11.1. The first-order chi connectivity index (χ1) is 15.8. The van der Waals surface area contributed by atoms with Crippen molar-refractivity contribution < 1.29 is 18.9 Å². The number of fused-ring (bicyclic) bond motifs is 2. The first-order valence-electron chi connectivity index (χ1n) is 10.1. The summed E-state index contributed by atoms with van der Waals surface area (Å²) in [5.41, 5.74) is 0. The Morgan fingerprint density at radius 1 is 0.562 bits per heavy atom. The average molecular weight is 499 g/mol. The molecule has 2 aliphatic rings. The lowest BCUT2D eigenvalue weighted by molar-refractivity contribution is 0.173. The Labute approximate surface area is 201 Å². The van der Waals surface area contributed by atoms with Crippen LogP contribution in [0.4, 0.5) is 0 Å². The summed E-state index contributed by atoms with van der Waals surface area (Å²) in [6, 6.07) is 8.71. The van der Waals surface area contributed by atoms with Gasteiger partial charge in [-0.2, -0.15) is 0 Å². The number of thiophene rings is 4. The van der Waals surface area contributed by atoms with Gasteiger partial charge in [-0.1, -0.05) is 0 Å². The maximum atomic E-state index is 5.76. The van der Waals surface area contributed by atoms with Crippen LogP contribution in [0, 0.1) is 0 Å². The predicted molar refractivity (Wildman–Crippen MR) is 136 cm³/mol. The number of hydrogen-bond donors (Lipinski definition) is 0. The monoisotopic (exact) mass is 498 g/mol. The average Bonchev–Trinajstić information content (AvgIpc) is 3.62. The summed E-state index contributed by atoms with van der Waals surface area (Å²) in [5, 5.41) is 4.03. The third-order valence-electron chi connectivity index (χ3n) is 4.95. The van der Waals surface area contributed by atoms with Crippen LogP contribution in [0.5, 0.6) is 23.0 Å². The van der Waals surface area contributed by atoms with Crippen molar-refractivity contribution in [3.63, 3.8) is 0 Å². The van der Waals surface area contributed by atoms with Crippen LogP contribution >= 0.6 is 45.3 Å². The van der Waals surface area contributed by atoms with Crippen LogP contribution in [0.2, 0.25) is 0 Å². The molecule has 4 aromatic heterocycles. The molecule has 0 atom stereocenters. The van der Waals surface area contributed by atoms with Gasteiger partial charge in [0.2, 0.25) is 0 Å². The minimum Gasteiger partial charge on any atom is -0.485 e. The van der Waals surface area contributed by atoms with E-state index in [0.717, 1.165) is 32.8 Å². The van der Waals surface area contributed by atoms with Gasteiger partial charge < -0.3 is 18.9 Å². The lowest BCUT2D eigenvalue weighted by Crippen LogP contribution is -2.14. The molecule has 162 valence electrons. The van der Waals surface area contributed by atoms with Crippen LogP contribution < -0.4 is 18.9 Å². The van der Waals surface area contributed by atoms with Crippen LogP contribution in [0.15, 0.2) is 35.0 Å². The molecule has 0 saturated heterocycles. The Morgan fingerprint density at radius 2 is 1.03 bits per heavy atom. The third-order valence-corrected chi connectivity index (χ3v) is 9.06. The Hall–Kier alpha value is -2.52. The van der Waals surface area contributed by atoms with Crippen molar-refractivity contribution in [1.29, 1.82) is 0 Å². The van der Waals surface area contributed by atoms with E-state index in [1.165, 1.54) is 19.5 Å². The number of ether oxygens (including phenoxy) is 4. The van der Waals surface area contributed by atoms with Crippen LogP contribution in [0.3, 0.4) is 0 Å². The summed E-state index contributed by atoms with van der Waals surface area (Å²) < 4.78 is 22.8.